The van der Waals surface area contributed by atoms with Crippen molar-refractivity contribution < 1.29 is 12.8 Å². The maximum Gasteiger partial charge on any atom is 0.434 e. The quantitative estimate of drug-likeness (QED) is 0.517. The van der Waals surface area contributed by atoms with E-state index >= 15 is 0 Å². The monoisotopic (exact) mass is 428 g/mol. The summed E-state index contributed by atoms with van der Waals surface area (Å²) in [6, 6.07) is 11.2. The average molecular weight is 429 g/mol. The van der Waals surface area contributed by atoms with Gasteiger partial charge in [-0.3, -0.25) is 0 Å². The van der Waals surface area contributed by atoms with Crippen LogP contribution < -0.4 is 16.2 Å². The van der Waals surface area contributed by atoms with Crippen molar-refractivity contribution in [1.29, 1.82) is 0 Å². The lowest BCUT2D eigenvalue weighted by Gasteiger charge is -2.27. The fourth-order valence-corrected chi connectivity index (χ4v) is 5.31. The molecule has 9 heteroatoms. The second-order valence-corrected chi connectivity index (χ2v) is 9.31. The Bertz CT molecular complexity index is 1200. The molecule has 1 aliphatic rings. The van der Waals surface area contributed by atoms with Gasteiger partial charge in [0.15, 0.2) is 0 Å². The molecule has 2 atom stereocenters. The number of hydrogen-bond acceptors (Lipinski definition) is 6. The van der Waals surface area contributed by atoms with Crippen molar-refractivity contribution in [3.8, 4) is 0 Å². The molecule has 0 fully saturated rings. The van der Waals surface area contributed by atoms with Gasteiger partial charge in [-0.15, -0.1) is 5.10 Å². The Labute approximate surface area is 174 Å². The van der Waals surface area contributed by atoms with E-state index in [9.17, 15) is 13.2 Å². The number of rotatable bonds is 6. The summed E-state index contributed by atoms with van der Waals surface area (Å²) < 4.78 is 33.9. The van der Waals surface area contributed by atoms with E-state index in [2.05, 4.69) is 21.0 Å². The first-order valence-corrected chi connectivity index (χ1v) is 11.4. The summed E-state index contributed by atoms with van der Waals surface area (Å²) in [7, 11) is -3.91. The lowest BCUT2D eigenvalue weighted by atomic mass is 9.82. The molecule has 0 bridgehead atoms. The third-order valence-electron chi connectivity index (χ3n) is 5.62. The topological polar surface area (TPSA) is 131 Å². The van der Waals surface area contributed by atoms with Gasteiger partial charge in [0.2, 0.25) is 15.9 Å². The molecular weight excluding hydrogens is 404 g/mol. The molecule has 0 aliphatic heterocycles. The minimum absolute atomic E-state index is 0.0000625. The van der Waals surface area contributed by atoms with Gasteiger partial charge in [-0.1, -0.05) is 25.1 Å². The summed E-state index contributed by atoms with van der Waals surface area (Å²) in [5.74, 6) is -1.04. The van der Waals surface area contributed by atoms with Gasteiger partial charge in [0, 0.05) is 11.6 Å². The highest BCUT2D eigenvalue weighted by molar-refractivity contribution is 7.89. The smallest absolute Gasteiger partial charge is 0.399 e. The molecule has 158 valence electrons. The van der Waals surface area contributed by atoms with Gasteiger partial charge >= 0.3 is 5.76 Å². The van der Waals surface area contributed by atoms with E-state index in [0.29, 0.717) is 5.69 Å². The summed E-state index contributed by atoms with van der Waals surface area (Å²) in [5.41, 5.74) is 9.70. The molecule has 0 radical (unpaired) electrons. The summed E-state index contributed by atoms with van der Waals surface area (Å²) in [6.45, 7) is 1.91. The third-order valence-corrected chi connectivity index (χ3v) is 7.07. The van der Waals surface area contributed by atoms with Crippen LogP contribution in [0.1, 0.15) is 54.3 Å². The fraction of sp³-hybridized carbons (Fsp3) is 0.333. The normalized spacial score (nSPS) is 16.0. The van der Waals surface area contributed by atoms with Crippen LogP contribution in [0.3, 0.4) is 0 Å². The first-order valence-electron chi connectivity index (χ1n) is 9.89. The van der Waals surface area contributed by atoms with E-state index < -0.39 is 21.8 Å². The molecule has 1 aromatic heterocycles. The number of nitrogens with zero attached hydrogens (tertiary/aromatic N) is 1. The molecule has 2 aromatic carbocycles. The van der Waals surface area contributed by atoms with E-state index in [1.165, 1.54) is 35.4 Å². The number of H-pyrrole nitrogens is 1. The Hall–Kier alpha value is -2.91. The Morgan fingerprint density at radius 2 is 1.87 bits per heavy atom. The molecule has 1 heterocycles. The number of aromatic nitrogens is 2. The Balaban J connectivity index is 1.74. The number of benzene rings is 2. The standard InChI is InChI=1S/C21H24N4O4S/c1-13(17-8-4-6-14-5-2-3-7-18(14)17)19(20-23-24-21(26)29-20)25-30(27,28)16-11-9-15(22)10-12-16/h4,6,8-13,19,25H,2-3,5,7,22H2,1H3,(H,24,26). The molecule has 4 N–H and O–H groups in total. The van der Waals surface area contributed by atoms with Crippen molar-refractivity contribution in [1.82, 2.24) is 14.9 Å². The Kier molecular flexibility index (Phi) is 5.48. The zero-order chi connectivity index (χ0) is 21.3. The molecule has 0 saturated heterocycles. The van der Waals surface area contributed by atoms with Gasteiger partial charge < -0.3 is 10.2 Å². The van der Waals surface area contributed by atoms with Crippen molar-refractivity contribution in [2.75, 3.05) is 5.73 Å². The Morgan fingerprint density at radius 3 is 2.57 bits per heavy atom. The van der Waals surface area contributed by atoms with Crippen LogP contribution in [0, 0.1) is 0 Å². The number of nitrogens with one attached hydrogen (secondary N) is 2. The third kappa shape index (κ3) is 4.03. The fourth-order valence-electron chi connectivity index (χ4n) is 4.04. The average Bonchev–Trinajstić information content (AvgIpc) is 3.17. The van der Waals surface area contributed by atoms with Crippen molar-refractivity contribution in [2.45, 2.75) is 49.5 Å². The molecule has 8 nitrogen and oxygen atoms in total. The molecule has 3 aromatic rings. The van der Waals surface area contributed by atoms with Crippen molar-refractivity contribution in [2.24, 2.45) is 0 Å². The first-order chi connectivity index (χ1) is 14.3. The molecule has 0 spiro atoms. The second kappa shape index (κ2) is 8.08. The Morgan fingerprint density at radius 1 is 1.13 bits per heavy atom. The van der Waals surface area contributed by atoms with Crippen LogP contribution in [0.25, 0.3) is 0 Å². The summed E-state index contributed by atoms with van der Waals surface area (Å²) in [5, 5.41) is 6.14. The molecule has 0 amide bonds. The van der Waals surface area contributed by atoms with Crippen molar-refractivity contribution in [3.63, 3.8) is 0 Å². The highest BCUT2D eigenvalue weighted by atomic mass is 32.2. The summed E-state index contributed by atoms with van der Waals surface area (Å²) >= 11 is 0. The van der Waals surface area contributed by atoms with Crippen LogP contribution in [0.5, 0.6) is 0 Å². The van der Waals surface area contributed by atoms with Crippen LogP contribution in [-0.2, 0) is 22.9 Å². The van der Waals surface area contributed by atoms with Gasteiger partial charge in [-0.05, 0) is 66.6 Å². The lowest BCUT2D eigenvalue weighted by Crippen LogP contribution is -2.32. The molecular formula is C21H24N4O4S. The van der Waals surface area contributed by atoms with Gasteiger partial charge in [0.25, 0.3) is 0 Å². The summed E-state index contributed by atoms with van der Waals surface area (Å²) in [6.07, 6.45) is 4.19. The number of nitrogen functional groups attached to an aromatic ring is 1. The van der Waals surface area contributed by atoms with Crippen LogP contribution in [0.15, 0.2) is 56.6 Å². The minimum atomic E-state index is -3.91. The maximum atomic E-state index is 13.0. The number of sulfonamides is 1. The highest BCUT2D eigenvalue weighted by Gasteiger charge is 2.32. The van der Waals surface area contributed by atoms with E-state index in [0.717, 1.165) is 31.2 Å². The number of anilines is 1. The summed E-state index contributed by atoms with van der Waals surface area (Å²) in [4.78, 5) is 11.7. The molecule has 4 rings (SSSR count). The second-order valence-electron chi connectivity index (χ2n) is 7.60. The van der Waals surface area contributed by atoms with E-state index in [4.69, 9.17) is 10.2 Å². The number of nitrogens with two attached hydrogens (primary N) is 1. The number of hydrogen-bond donors (Lipinski definition) is 3. The van der Waals surface area contributed by atoms with Crippen LogP contribution in [0.2, 0.25) is 0 Å². The minimum Gasteiger partial charge on any atom is -0.399 e. The predicted octanol–water partition coefficient (Wildman–Crippen LogP) is 2.65. The van der Waals surface area contributed by atoms with E-state index in [1.54, 1.807) is 0 Å². The number of fused-ring (bicyclic) bond motifs is 1. The van der Waals surface area contributed by atoms with E-state index in [-0.39, 0.29) is 16.7 Å². The van der Waals surface area contributed by atoms with Crippen molar-refractivity contribution in [3.05, 3.63) is 75.6 Å². The van der Waals surface area contributed by atoms with Crippen LogP contribution in [-0.4, -0.2) is 18.6 Å². The van der Waals surface area contributed by atoms with Crippen molar-refractivity contribution >= 4 is 15.7 Å². The lowest BCUT2D eigenvalue weighted by molar-refractivity contribution is 0.380. The first kappa shape index (κ1) is 20.4. The molecule has 2 unspecified atom stereocenters. The number of aromatic amines is 1. The van der Waals surface area contributed by atoms with Gasteiger partial charge in [-0.2, -0.15) is 4.72 Å². The maximum absolute atomic E-state index is 13.0. The molecule has 1 aliphatic carbocycles. The highest BCUT2D eigenvalue weighted by Crippen LogP contribution is 2.36. The molecule has 0 saturated carbocycles. The van der Waals surface area contributed by atoms with Crippen LogP contribution >= 0.6 is 0 Å². The van der Waals surface area contributed by atoms with Crippen LogP contribution in [0.4, 0.5) is 5.69 Å². The van der Waals surface area contributed by atoms with Gasteiger partial charge in [-0.25, -0.2) is 18.3 Å². The SMILES string of the molecule is CC(c1cccc2c1CCCC2)C(NS(=O)(=O)c1ccc(N)cc1)c1n[nH]c(=O)o1. The zero-order valence-electron chi connectivity index (χ0n) is 16.6. The van der Waals surface area contributed by atoms with Gasteiger partial charge in [0.1, 0.15) is 6.04 Å². The zero-order valence-corrected chi connectivity index (χ0v) is 17.4. The van der Waals surface area contributed by atoms with E-state index in [1.807, 2.05) is 19.1 Å². The number of aryl methyl sites for hydroxylation is 1. The predicted molar refractivity (Wildman–Crippen MR) is 113 cm³/mol. The van der Waals surface area contributed by atoms with Gasteiger partial charge in [0.05, 0.1) is 4.90 Å². The largest absolute Gasteiger partial charge is 0.434 e. The molecule has 30 heavy (non-hydrogen) atoms.